The second kappa shape index (κ2) is 10.4. The van der Waals surface area contributed by atoms with Gasteiger partial charge in [-0.2, -0.15) is 0 Å². The van der Waals surface area contributed by atoms with E-state index in [0.29, 0.717) is 0 Å². The number of carbonyl (C=O) groups excluding carboxylic acids is 3. The van der Waals surface area contributed by atoms with E-state index in [-0.39, 0.29) is 13.0 Å². The average molecular weight is 419 g/mol. The number of aliphatic hydroxyl groups excluding tert-OH is 1. The highest BCUT2D eigenvalue weighted by Gasteiger charge is 2.26. The van der Waals surface area contributed by atoms with Crippen LogP contribution in [-0.2, 0) is 25.6 Å². The first kappa shape index (κ1) is 22.8. The van der Waals surface area contributed by atoms with Gasteiger partial charge in [-0.15, -0.1) is 0 Å². The van der Waals surface area contributed by atoms with Crippen LogP contribution in [0.15, 0.2) is 30.5 Å². The summed E-state index contributed by atoms with van der Waals surface area (Å²) in [6.45, 7) is 0.395. The zero-order chi connectivity index (χ0) is 22.3. The molecule has 30 heavy (non-hydrogen) atoms. The third-order valence-corrected chi connectivity index (χ3v) is 4.42. The van der Waals surface area contributed by atoms with Crippen LogP contribution in [0.25, 0.3) is 10.9 Å². The van der Waals surface area contributed by atoms with Crippen molar-refractivity contribution in [3.05, 3.63) is 36.0 Å². The Kier molecular flexibility index (Phi) is 7.90. The van der Waals surface area contributed by atoms with Gasteiger partial charge in [0.15, 0.2) is 0 Å². The number of para-hydroxylation sites is 1. The lowest BCUT2D eigenvalue weighted by Gasteiger charge is -2.21. The molecule has 0 saturated heterocycles. The van der Waals surface area contributed by atoms with E-state index in [1.54, 1.807) is 6.20 Å². The Morgan fingerprint density at radius 1 is 1.13 bits per heavy atom. The predicted molar refractivity (Wildman–Crippen MR) is 107 cm³/mol. The Morgan fingerprint density at radius 3 is 2.47 bits per heavy atom. The van der Waals surface area contributed by atoms with Gasteiger partial charge in [0.25, 0.3) is 0 Å². The van der Waals surface area contributed by atoms with Crippen LogP contribution in [0, 0.1) is 0 Å². The van der Waals surface area contributed by atoms with Crippen LogP contribution >= 0.6 is 0 Å². The van der Waals surface area contributed by atoms with Crippen molar-refractivity contribution in [2.75, 3.05) is 13.1 Å². The first-order valence-electron chi connectivity index (χ1n) is 9.25. The number of hydrogen-bond acceptors (Lipinski definition) is 6. The van der Waals surface area contributed by atoms with Crippen molar-refractivity contribution in [3.8, 4) is 0 Å². The summed E-state index contributed by atoms with van der Waals surface area (Å²) in [6, 6.07) is 4.86. The maximum Gasteiger partial charge on any atom is 0.326 e. The number of carbonyl (C=O) groups is 4. The van der Waals surface area contributed by atoms with Gasteiger partial charge in [-0.1, -0.05) is 18.2 Å². The Balaban J connectivity index is 1.96. The number of H-pyrrole nitrogens is 1. The summed E-state index contributed by atoms with van der Waals surface area (Å²) in [5, 5.41) is 26.8. The zero-order valence-electron chi connectivity index (χ0n) is 16.3. The van der Waals surface area contributed by atoms with E-state index in [0.717, 1.165) is 16.5 Å². The van der Waals surface area contributed by atoms with Gasteiger partial charge >= 0.3 is 5.97 Å². The minimum absolute atomic E-state index is 0.0435. The molecule has 0 aliphatic heterocycles. The number of benzene rings is 1. The van der Waals surface area contributed by atoms with Gasteiger partial charge in [0, 0.05) is 23.5 Å². The van der Waals surface area contributed by atoms with Crippen LogP contribution in [0.5, 0.6) is 0 Å². The highest BCUT2D eigenvalue weighted by molar-refractivity contribution is 5.92. The molecule has 8 N–H and O–H groups in total. The molecule has 1 aromatic heterocycles. The number of nitrogens with one attached hydrogen (secondary N) is 4. The summed E-state index contributed by atoms with van der Waals surface area (Å²) >= 11 is 0. The molecule has 0 aliphatic rings. The minimum atomic E-state index is -1.30. The van der Waals surface area contributed by atoms with E-state index in [1.165, 1.54) is 6.92 Å². The van der Waals surface area contributed by atoms with E-state index < -0.39 is 48.4 Å². The molecule has 2 rings (SSSR count). The summed E-state index contributed by atoms with van der Waals surface area (Å²) in [7, 11) is 0. The van der Waals surface area contributed by atoms with E-state index in [2.05, 4.69) is 20.9 Å². The molecule has 162 valence electrons. The fourth-order valence-corrected chi connectivity index (χ4v) is 2.88. The molecule has 0 unspecified atom stereocenters. The molecule has 11 nitrogen and oxygen atoms in total. The lowest BCUT2D eigenvalue weighted by molar-refractivity contribution is -0.141. The highest BCUT2D eigenvalue weighted by atomic mass is 16.4. The van der Waals surface area contributed by atoms with Crippen molar-refractivity contribution >= 4 is 34.6 Å². The zero-order valence-corrected chi connectivity index (χ0v) is 16.3. The standard InChI is InChI=1S/C19H25N5O6/c1-10(25)17(24-15(26)7-20)18(28)22-9-16(27)23-14(19(29)30)6-11-8-21-13-5-3-2-4-12(11)13/h2-5,8,10,14,17,21,25H,6-7,9,20H2,1H3,(H,22,28)(H,23,27)(H,24,26)(H,29,30)/t10-,14+,17+/m1/s1. The predicted octanol–water partition coefficient (Wildman–Crippen LogP) is -1.78. The summed E-state index contributed by atoms with van der Waals surface area (Å²) in [5.41, 5.74) is 6.74. The van der Waals surface area contributed by atoms with E-state index >= 15 is 0 Å². The van der Waals surface area contributed by atoms with Crippen molar-refractivity contribution in [2.45, 2.75) is 31.5 Å². The molecular weight excluding hydrogens is 394 g/mol. The van der Waals surface area contributed by atoms with Crippen LogP contribution in [0.1, 0.15) is 12.5 Å². The summed E-state index contributed by atoms with van der Waals surface area (Å²) < 4.78 is 0. The number of rotatable bonds is 10. The van der Waals surface area contributed by atoms with Gasteiger partial charge in [0.1, 0.15) is 12.1 Å². The van der Waals surface area contributed by atoms with Gasteiger partial charge in [0.2, 0.25) is 17.7 Å². The first-order valence-corrected chi connectivity index (χ1v) is 9.25. The molecule has 11 heteroatoms. The summed E-state index contributed by atoms with van der Waals surface area (Å²) in [5.74, 6) is -3.40. The molecule has 0 fully saturated rings. The third kappa shape index (κ3) is 6.03. The Labute approximate surface area is 172 Å². The smallest absolute Gasteiger partial charge is 0.326 e. The number of aliphatic hydroxyl groups is 1. The van der Waals surface area contributed by atoms with E-state index in [1.807, 2.05) is 24.3 Å². The summed E-state index contributed by atoms with van der Waals surface area (Å²) in [6.07, 6.45) is 0.501. The van der Waals surface area contributed by atoms with Gasteiger partial charge in [-0.3, -0.25) is 14.4 Å². The lowest BCUT2D eigenvalue weighted by atomic mass is 10.0. The fourth-order valence-electron chi connectivity index (χ4n) is 2.88. The number of fused-ring (bicyclic) bond motifs is 1. The Hall–Kier alpha value is -3.44. The SMILES string of the molecule is C[C@@H](O)[C@H](NC(=O)CN)C(=O)NCC(=O)N[C@@H](Cc1c[nH]c2ccccc12)C(=O)O. The van der Waals surface area contributed by atoms with Gasteiger partial charge < -0.3 is 36.9 Å². The second-order valence-corrected chi connectivity index (χ2v) is 6.73. The van der Waals surface area contributed by atoms with Crippen molar-refractivity contribution in [1.29, 1.82) is 0 Å². The van der Waals surface area contributed by atoms with Crippen LogP contribution in [-0.4, -0.2) is 70.2 Å². The van der Waals surface area contributed by atoms with Crippen molar-refractivity contribution < 1.29 is 29.4 Å². The van der Waals surface area contributed by atoms with Crippen LogP contribution in [0.3, 0.4) is 0 Å². The molecule has 0 saturated carbocycles. The number of aromatic amines is 1. The molecule has 3 atom stereocenters. The number of amides is 3. The fraction of sp³-hybridized carbons (Fsp3) is 0.368. The van der Waals surface area contributed by atoms with Gasteiger partial charge in [0.05, 0.1) is 19.2 Å². The molecule has 1 heterocycles. The molecular formula is C19H25N5O6. The number of aromatic nitrogens is 1. The number of carboxylic acids is 1. The molecule has 0 spiro atoms. The van der Waals surface area contributed by atoms with Gasteiger partial charge in [-0.05, 0) is 18.6 Å². The third-order valence-electron chi connectivity index (χ3n) is 4.42. The number of aliphatic carboxylic acids is 1. The molecule has 0 radical (unpaired) electrons. The minimum Gasteiger partial charge on any atom is -0.480 e. The molecule has 2 aromatic rings. The molecule has 0 aliphatic carbocycles. The number of carboxylic acid groups (broad SMARTS) is 1. The largest absolute Gasteiger partial charge is 0.480 e. The Bertz CT molecular complexity index is 925. The summed E-state index contributed by atoms with van der Waals surface area (Å²) in [4.78, 5) is 50.3. The maximum absolute atomic E-state index is 12.2. The number of hydrogen-bond donors (Lipinski definition) is 7. The van der Waals surface area contributed by atoms with Crippen LogP contribution in [0.2, 0.25) is 0 Å². The Morgan fingerprint density at radius 2 is 1.83 bits per heavy atom. The van der Waals surface area contributed by atoms with Crippen LogP contribution < -0.4 is 21.7 Å². The van der Waals surface area contributed by atoms with Crippen LogP contribution in [0.4, 0.5) is 0 Å². The first-order chi connectivity index (χ1) is 14.2. The van der Waals surface area contributed by atoms with Gasteiger partial charge in [-0.25, -0.2) is 4.79 Å². The van der Waals surface area contributed by atoms with Crippen molar-refractivity contribution in [2.24, 2.45) is 5.73 Å². The van der Waals surface area contributed by atoms with E-state index in [9.17, 15) is 29.4 Å². The normalized spacial score (nSPS) is 13.8. The topological polar surface area (TPSA) is 187 Å². The monoisotopic (exact) mass is 419 g/mol. The average Bonchev–Trinajstić information content (AvgIpc) is 3.12. The number of nitrogens with two attached hydrogens (primary N) is 1. The second-order valence-electron chi connectivity index (χ2n) is 6.73. The van der Waals surface area contributed by atoms with Crippen molar-refractivity contribution in [3.63, 3.8) is 0 Å². The van der Waals surface area contributed by atoms with Crippen molar-refractivity contribution in [1.82, 2.24) is 20.9 Å². The maximum atomic E-state index is 12.2. The molecule has 1 aromatic carbocycles. The molecule has 0 bridgehead atoms. The quantitative estimate of drug-likeness (QED) is 0.237. The van der Waals surface area contributed by atoms with E-state index in [4.69, 9.17) is 5.73 Å². The lowest BCUT2D eigenvalue weighted by Crippen LogP contribution is -2.55. The molecule has 3 amide bonds. The highest BCUT2D eigenvalue weighted by Crippen LogP contribution is 2.19.